The van der Waals surface area contributed by atoms with Crippen LogP contribution in [0.5, 0.6) is 11.5 Å². The molecule has 0 saturated carbocycles. The number of halogens is 2. The van der Waals surface area contributed by atoms with Gasteiger partial charge >= 0.3 is 0 Å². The maximum absolute atomic E-state index is 13.2. The molecule has 0 aliphatic heterocycles. The summed E-state index contributed by atoms with van der Waals surface area (Å²) in [5.41, 5.74) is 1.60. The first-order valence-electron chi connectivity index (χ1n) is 5.65. The molecule has 0 aliphatic rings. The monoisotopic (exact) mass is 325 g/mol. The molecule has 2 aromatic rings. The van der Waals surface area contributed by atoms with Gasteiger partial charge in [-0.3, -0.25) is 0 Å². The van der Waals surface area contributed by atoms with Gasteiger partial charge in [-0.25, -0.2) is 4.39 Å². The summed E-state index contributed by atoms with van der Waals surface area (Å²) in [4.78, 5) is 0. The molecule has 2 aromatic carbocycles. The predicted molar refractivity (Wildman–Crippen MR) is 76.1 cm³/mol. The molecule has 0 fully saturated rings. The number of anilines is 1. The Morgan fingerprint density at radius 1 is 1.26 bits per heavy atom. The van der Waals surface area contributed by atoms with E-state index in [0.29, 0.717) is 12.2 Å². The quantitative estimate of drug-likeness (QED) is 0.837. The van der Waals surface area contributed by atoms with Crippen LogP contribution in [0.2, 0.25) is 0 Å². The van der Waals surface area contributed by atoms with Gasteiger partial charge in [0.05, 0.1) is 7.11 Å². The Bertz CT molecular complexity index is 590. The third kappa shape index (κ3) is 3.38. The molecular formula is C14H13BrFNO2. The van der Waals surface area contributed by atoms with E-state index in [1.165, 1.54) is 12.1 Å². The van der Waals surface area contributed by atoms with Crippen LogP contribution in [0.15, 0.2) is 40.9 Å². The number of methoxy groups -OCH3 is 1. The van der Waals surface area contributed by atoms with Crippen LogP contribution < -0.4 is 10.1 Å². The minimum Gasteiger partial charge on any atom is -0.505 e. The van der Waals surface area contributed by atoms with E-state index in [2.05, 4.69) is 21.2 Å². The number of hydrogen-bond acceptors (Lipinski definition) is 3. The van der Waals surface area contributed by atoms with Crippen molar-refractivity contribution in [2.75, 3.05) is 12.4 Å². The van der Waals surface area contributed by atoms with E-state index in [4.69, 9.17) is 9.84 Å². The van der Waals surface area contributed by atoms with Gasteiger partial charge in [-0.15, -0.1) is 0 Å². The zero-order valence-electron chi connectivity index (χ0n) is 10.3. The first-order chi connectivity index (χ1) is 9.10. The van der Waals surface area contributed by atoms with Crippen LogP contribution in [-0.2, 0) is 6.54 Å². The molecule has 0 heterocycles. The van der Waals surface area contributed by atoms with Gasteiger partial charge in [-0.1, -0.05) is 15.9 Å². The highest BCUT2D eigenvalue weighted by Crippen LogP contribution is 2.24. The Morgan fingerprint density at radius 3 is 2.74 bits per heavy atom. The van der Waals surface area contributed by atoms with Crippen LogP contribution in [0.25, 0.3) is 0 Å². The number of phenols is 1. The van der Waals surface area contributed by atoms with E-state index in [1.54, 1.807) is 13.2 Å². The molecule has 0 atom stereocenters. The molecule has 0 aliphatic carbocycles. The Morgan fingerprint density at radius 2 is 2.05 bits per heavy atom. The average molecular weight is 326 g/mol. The maximum atomic E-state index is 13.2. The van der Waals surface area contributed by atoms with E-state index in [-0.39, 0.29) is 5.75 Å². The third-order valence-corrected chi connectivity index (χ3v) is 3.46. The van der Waals surface area contributed by atoms with Gasteiger partial charge in [0.1, 0.15) is 5.75 Å². The highest BCUT2D eigenvalue weighted by molar-refractivity contribution is 9.10. The van der Waals surface area contributed by atoms with Crippen molar-refractivity contribution in [1.29, 1.82) is 0 Å². The van der Waals surface area contributed by atoms with Crippen LogP contribution in [0, 0.1) is 5.82 Å². The zero-order valence-corrected chi connectivity index (χ0v) is 11.9. The van der Waals surface area contributed by atoms with Crippen molar-refractivity contribution in [1.82, 2.24) is 0 Å². The lowest BCUT2D eigenvalue weighted by atomic mass is 10.2. The second-order valence-corrected chi connectivity index (χ2v) is 4.83. The summed E-state index contributed by atoms with van der Waals surface area (Å²) in [6.45, 7) is 0.516. The van der Waals surface area contributed by atoms with E-state index >= 15 is 0 Å². The lowest BCUT2D eigenvalue weighted by Crippen LogP contribution is -2.01. The van der Waals surface area contributed by atoms with Gasteiger partial charge < -0.3 is 15.2 Å². The molecule has 19 heavy (non-hydrogen) atoms. The molecule has 0 bridgehead atoms. The SMILES string of the molecule is COc1ccc(Br)c(CNc2ccc(O)c(F)c2)c1. The highest BCUT2D eigenvalue weighted by atomic mass is 79.9. The van der Waals surface area contributed by atoms with Gasteiger partial charge in [0.2, 0.25) is 0 Å². The van der Waals surface area contributed by atoms with Crippen molar-refractivity contribution in [3.05, 3.63) is 52.3 Å². The number of aromatic hydroxyl groups is 1. The van der Waals surface area contributed by atoms with E-state index in [0.717, 1.165) is 15.8 Å². The Kier molecular flexibility index (Phi) is 4.27. The first-order valence-corrected chi connectivity index (χ1v) is 6.44. The van der Waals surface area contributed by atoms with Crippen LogP contribution >= 0.6 is 15.9 Å². The first kappa shape index (κ1) is 13.7. The predicted octanol–water partition coefficient (Wildman–Crippen LogP) is 3.91. The number of hydrogen-bond donors (Lipinski definition) is 2. The molecule has 5 heteroatoms. The molecule has 100 valence electrons. The molecule has 0 spiro atoms. The van der Waals surface area contributed by atoms with Crippen molar-refractivity contribution in [3.63, 3.8) is 0 Å². The summed E-state index contributed by atoms with van der Waals surface area (Å²) in [5, 5.41) is 12.2. The zero-order chi connectivity index (χ0) is 13.8. The van der Waals surface area contributed by atoms with Crippen molar-refractivity contribution in [2.45, 2.75) is 6.54 Å². The van der Waals surface area contributed by atoms with Crippen LogP contribution in [0.1, 0.15) is 5.56 Å². The molecular weight excluding hydrogens is 313 g/mol. The Hall–Kier alpha value is -1.75. The minimum atomic E-state index is -0.644. The Labute approximate surface area is 119 Å². The molecule has 0 radical (unpaired) electrons. The fraction of sp³-hybridized carbons (Fsp3) is 0.143. The number of rotatable bonds is 4. The molecule has 2 rings (SSSR count). The topological polar surface area (TPSA) is 41.5 Å². The second-order valence-electron chi connectivity index (χ2n) is 3.98. The number of ether oxygens (including phenoxy) is 1. The lowest BCUT2D eigenvalue weighted by Gasteiger charge is -2.10. The van der Waals surface area contributed by atoms with Crippen LogP contribution in [-0.4, -0.2) is 12.2 Å². The largest absolute Gasteiger partial charge is 0.505 e. The van der Waals surface area contributed by atoms with Gasteiger partial charge in [0.25, 0.3) is 0 Å². The van der Waals surface area contributed by atoms with E-state index < -0.39 is 5.82 Å². The molecule has 0 aromatic heterocycles. The lowest BCUT2D eigenvalue weighted by molar-refractivity contribution is 0.414. The van der Waals surface area contributed by atoms with Gasteiger partial charge in [0, 0.05) is 22.8 Å². The summed E-state index contributed by atoms with van der Waals surface area (Å²) in [6, 6.07) is 9.84. The van der Waals surface area contributed by atoms with Gasteiger partial charge in [0.15, 0.2) is 11.6 Å². The van der Waals surface area contributed by atoms with Crippen LogP contribution in [0.4, 0.5) is 10.1 Å². The van der Waals surface area contributed by atoms with Crippen molar-refractivity contribution in [3.8, 4) is 11.5 Å². The van der Waals surface area contributed by atoms with Gasteiger partial charge in [-0.2, -0.15) is 0 Å². The second kappa shape index (κ2) is 5.93. The number of phenolic OH excluding ortho intramolecular Hbond substituents is 1. The highest BCUT2D eigenvalue weighted by Gasteiger charge is 2.04. The van der Waals surface area contributed by atoms with Crippen LogP contribution in [0.3, 0.4) is 0 Å². The van der Waals surface area contributed by atoms with Crippen molar-refractivity contribution < 1.29 is 14.2 Å². The summed E-state index contributed by atoms with van der Waals surface area (Å²) in [7, 11) is 1.61. The third-order valence-electron chi connectivity index (χ3n) is 2.68. The summed E-state index contributed by atoms with van der Waals surface area (Å²) in [6.07, 6.45) is 0. The molecule has 0 saturated heterocycles. The van der Waals surface area contributed by atoms with E-state index in [9.17, 15) is 4.39 Å². The number of benzene rings is 2. The molecule has 0 unspecified atom stereocenters. The summed E-state index contributed by atoms with van der Waals surface area (Å²) in [5.74, 6) is -0.236. The minimum absolute atomic E-state index is 0.354. The van der Waals surface area contributed by atoms with Crippen molar-refractivity contribution in [2.24, 2.45) is 0 Å². The van der Waals surface area contributed by atoms with E-state index in [1.807, 2.05) is 18.2 Å². The summed E-state index contributed by atoms with van der Waals surface area (Å²) >= 11 is 3.45. The molecule has 3 nitrogen and oxygen atoms in total. The normalized spacial score (nSPS) is 10.3. The maximum Gasteiger partial charge on any atom is 0.166 e. The molecule has 2 N–H and O–H groups in total. The Balaban J connectivity index is 2.11. The van der Waals surface area contributed by atoms with Gasteiger partial charge in [-0.05, 0) is 35.9 Å². The fourth-order valence-corrected chi connectivity index (χ4v) is 2.01. The molecule has 0 amide bonds. The average Bonchev–Trinajstić information content (AvgIpc) is 2.41. The summed E-state index contributed by atoms with van der Waals surface area (Å²) < 4.78 is 19.3. The fourth-order valence-electron chi connectivity index (χ4n) is 1.63. The smallest absolute Gasteiger partial charge is 0.166 e. The number of nitrogens with one attached hydrogen (secondary N) is 1. The van der Waals surface area contributed by atoms with Crippen molar-refractivity contribution >= 4 is 21.6 Å². The standard InChI is InChI=1S/C14H13BrFNO2/c1-19-11-3-4-12(15)9(6-11)8-17-10-2-5-14(18)13(16)7-10/h2-7,17-18H,8H2,1H3.